The van der Waals surface area contributed by atoms with Gasteiger partial charge in [-0.1, -0.05) is 27.2 Å². The Morgan fingerprint density at radius 2 is 2.25 bits per heavy atom. The van der Waals surface area contributed by atoms with Gasteiger partial charge in [0.05, 0.1) is 5.69 Å². The lowest BCUT2D eigenvalue weighted by Crippen LogP contribution is -2.28. The summed E-state index contributed by atoms with van der Waals surface area (Å²) < 4.78 is 0. The molecule has 4 heteroatoms. The van der Waals surface area contributed by atoms with Crippen molar-refractivity contribution in [2.24, 2.45) is 11.7 Å². The van der Waals surface area contributed by atoms with E-state index < -0.39 is 0 Å². The Balaban J connectivity index is 2.49. The van der Waals surface area contributed by atoms with Gasteiger partial charge in [0.25, 0.3) is 0 Å². The summed E-state index contributed by atoms with van der Waals surface area (Å²) in [6.45, 7) is 10.5. The van der Waals surface area contributed by atoms with Gasteiger partial charge in [-0.2, -0.15) is 0 Å². The molecule has 1 aromatic heterocycles. The third-order valence-electron chi connectivity index (χ3n) is 2.87. The number of aromatic nitrogens is 1. The van der Waals surface area contributed by atoms with Crippen LogP contribution in [0.1, 0.15) is 37.9 Å². The minimum Gasteiger partial charge on any atom is -0.325 e. The van der Waals surface area contributed by atoms with Crippen molar-refractivity contribution in [1.82, 2.24) is 9.88 Å². The molecule has 0 amide bonds. The van der Waals surface area contributed by atoms with Crippen LogP contribution < -0.4 is 5.73 Å². The number of nitrogens with zero attached hydrogens (tertiary/aromatic N) is 2. The van der Waals surface area contributed by atoms with Crippen molar-refractivity contribution in [3.63, 3.8) is 0 Å². The van der Waals surface area contributed by atoms with E-state index in [-0.39, 0.29) is 0 Å². The maximum absolute atomic E-state index is 5.56. The maximum atomic E-state index is 5.56. The second-order valence-corrected chi connectivity index (χ2v) is 5.22. The zero-order valence-corrected chi connectivity index (χ0v) is 11.4. The molecule has 0 aliphatic carbocycles. The first-order chi connectivity index (χ1) is 7.69. The van der Waals surface area contributed by atoms with Gasteiger partial charge >= 0.3 is 0 Å². The number of hydrogen-bond acceptors (Lipinski definition) is 4. The first-order valence-electron chi connectivity index (χ1n) is 6.05. The molecular weight excluding hydrogens is 218 g/mol. The third-order valence-corrected chi connectivity index (χ3v) is 3.79. The van der Waals surface area contributed by atoms with Crippen molar-refractivity contribution in [3.8, 4) is 0 Å². The van der Waals surface area contributed by atoms with Gasteiger partial charge in [-0.05, 0) is 12.5 Å². The molecule has 1 heterocycles. The van der Waals surface area contributed by atoms with Crippen LogP contribution in [-0.4, -0.2) is 23.0 Å². The quantitative estimate of drug-likeness (QED) is 0.797. The molecule has 0 aliphatic heterocycles. The summed E-state index contributed by atoms with van der Waals surface area (Å²) >= 11 is 1.66. The van der Waals surface area contributed by atoms with Crippen molar-refractivity contribution in [2.45, 2.75) is 40.3 Å². The molecule has 0 saturated carbocycles. The van der Waals surface area contributed by atoms with Gasteiger partial charge in [0, 0.05) is 25.0 Å². The summed E-state index contributed by atoms with van der Waals surface area (Å²) in [5, 5.41) is 3.16. The predicted octanol–water partition coefficient (Wildman–Crippen LogP) is 2.47. The fourth-order valence-corrected chi connectivity index (χ4v) is 2.29. The minimum absolute atomic E-state index is 0.558. The van der Waals surface area contributed by atoms with E-state index >= 15 is 0 Å². The smallest absolute Gasteiger partial charge is 0.106 e. The molecule has 0 aliphatic rings. The fourth-order valence-electron chi connectivity index (χ4n) is 1.62. The van der Waals surface area contributed by atoms with Crippen molar-refractivity contribution in [1.29, 1.82) is 0 Å². The lowest BCUT2D eigenvalue weighted by molar-refractivity contribution is 0.236. The Morgan fingerprint density at radius 1 is 1.50 bits per heavy atom. The molecule has 0 spiro atoms. The van der Waals surface area contributed by atoms with Crippen molar-refractivity contribution in [3.05, 3.63) is 16.1 Å². The maximum Gasteiger partial charge on any atom is 0.106 e. The number of rotatable bonds is 7. The van der Waals surface area contributed by atoms with Crippen LogP contribution in [0, 0.1) is 5.92 Å². The largest absolute Gasteiger partial charge is 0.325 e. The van der Waals surface area contributed by atoms with Crippen molar-refractivity contribution < 1.29 is 0 Å². The molecule has 2 N–H and O–H groups in total. The minimum atomic E-state index is 0.558. The molecule has 0 saturated heterocycles. The summed E-state index contributed by atoms with van der Waals surface area (Å²) in [7, 11) is 0. The molecule has 92 valence electrons. The molecule has 0 aromatic carbocycles. The standard InChI is InChI=1S/C12H23N3S/c1-4-10(3)7-15(5-2)8-11-9-16-12(6-13)14-11/h9-10H,4-8,13H2,1-3H3. The number of hydrogen-bond donors (Lipinski definition) is 1. The molecule has 1 aromatic rings. The van der Waals surface area contributed by atoms with Gasteiger partial charge in [0.15, 0.2) is 0 Å². The first-order valence-corrected chi connectivity index (χ1v) is 6.93. The average molecular weight is 241 g/mol. The van der Waals surface area contributed by atoms with E-state index in [0.717, 1.165) is 36.3 Å². The molecule has 3 nitrogen and oxygen atoms in total. The van der Waals surface area contributed by atoms with Gasteiger partial charge in [0.2, 0.25) is 0 Å². The van der Waals surface area contributed by atoms with Crippen LogP contribution >= 0.6 is 11.3 Å². The van der Waals surface area contributed by atoms with E-state index in [4.69, 9.17) is 5.73 Å². The Labute approximate surface area is 103 Å². The first kappa shape index (κ1) is 13.6. The van der Waals surface area contributed by atoms with Crippen molar-refractivity contribution in [2.75, 3.05) is 13.1 Å². The Kier molecular flexibility index (Phi) is 5.95. The van der Waals surface area contributed by atoms with Gasteiger partial charge in [0.1, 0.15) is 5.01 Å². The molecule has 0 radical (unpaired) electrons. The van der Waals surface area contributed by atoms with Gasteiger partial charge in [-0.15, -0.1) is 11.3 Å². The molecule has 1 atom stereocenters. The Bertz CT molecular complexity index is 298. The van der Waals surface area contributed by atoms with Crippen LogP contribution in [0.25, 0.3) is 0 Å². The summed E-state index contributed by atoms with van der Waals surface area (Å²) in [6.07, 6.45) is 1.24. The summed E-state index contributed by atoms with van der Waals surface area (Å²) in [5.74, 6) is 0.757. The summed E-state index contributed by atoms with van der Waals surface area (Å²) in [6, 6.07) is 0. The zero-order valence-electron chi connectivity index (χ0n) is 10.6. The molecular formula is C12H23N3S. The highest BCUT2D eigenvalue weighted by Crippen LogP contribution is 2.13. The number of thiazole rings is 1. The topological polar surface area (TPSA) is 42.1 Å². The van der Waals surface area contributed by atoms with E-state index in [1.54, 1.807) is 11.3 Å². The van der Waals surface area contributed by atoms with E-state index in [0.29, 0.717) is 6.54 Å². The average Bonchev–Trinajstić information content (AvgIpc) is 2.75. The SMILES string of the molecule is CCC(C)CN(CC)Cc1csc(CN)n1. The Hall–Kier alpha value is -0.450. The zero-order chi connectivity index (χ0) is 12.0. The highest BCUT2D eigenvalue weighted by Gasteiger charge is 2.09. The predicted molar refractivity (Wildman–Crippen MR) is 70.4 cm³/mol. The fraction of sp³-hybridized carbons (Fsp3) is 0.750. The normalized spacial score (nSPS) is 13.3. The highest BCUT2D eigenvalue weighted by atomic mass is 32.1. The van der Waals surface area contributed by atoms with Crippen molar-refractivity contribution >= 4 is 11.3 Å². The van der Waals surface area contributed by atoms with Gasteiger partial charge in [-0.25, -0.2) is 4.98 Å². The molecule has 1 unspecified atom stereocenters. The molecule has 0 fully saturated rings. The van der Waals surface area contributed by atoms with E-state index in [1.807, 2.05) is 0 Å². The lowest BCUT2D eigenvalue weighted by Gasteiger charge is -2.22. The van der Waals surface area contributed by atoms with Crippen LogP contribution in [0.5, 0.6) is 0 Å². The molecule has 16 heavy (non-hydrogen) atoms. The van der Waals surface area contributed by atoms with E-state index in [9.17, 15) is 0 Å². The van der Waals surface area contributed by atoms with Crippen LogP contribution in [0.2, 0.25) is 0 Å². The lowest BCUT2D eigenvalue weighted by atomic mass is 10.1. The van der Waals surface area contributed by atoms with Crippen LogP contribution in [0.3, 0.4) is 0 Å². The van der Waals surface area contributed by atoms with E-state index in [2.05, 4.69) is 36.0 Å². The Morgan fingerprint density at radius 3 is 2.75 bits per heavy atom. The van der Waals surface area contributed by atoms with Crippen LogP contribution in [-0.2, 0) is 13.1 Å². The van der Waals surface area contributed by atoms with Crippen LogP contribution in [0.4, 0.5) is 0 Å². The summed E-state index contributed by atoms with van der Waals surface area (Å²) in [5.41, 5.74) is 6.73. The molecule has 0 bridgehead atoms. The van der Waals surface area contributed by atoms with E-state index in [1.165, 1.54) is 6.42 Å². The van der Waals surface area contributed by atoms with Crippen LogP contribution in [0.15, 0.2) is 5.38 Å². The summed E-state index contributed by atoms with van der Waals surface area (Å²) in [4.78, 5) is 6.95. The van der Waals surface area contributed by atoms with Gasteiger partial charge in [-0.3, -0.25) is 4.90 Å². The molecule has 1 rings (SSSR count). The second-order valence-electron chi connectivity index (χ2n) is 4.28. The third kappa shape index (κ3) is 4.20. The highest BCUT2D eigenvalue weighted by molar-refractivity contribution is 7.09. The monoisotopic (exact) mass is 241 g/mol. The van der Waals surface area contributed by atoms with Gasteiger partial charge < -0.3 is 5.73 Å². The number of nitrogens with two attached hydrogens (primary N) is 1. The second kappa shape index (κ2) is 6.99.